The molecule has 2 fully saturated rings. The van der Waals surface area contributed by atoms with Crippen molar-refractivity contribution >= 4 is 21.7 Å². The first-order valence-electron chi connectivity index (χ1n) is 11.2. The molecule has 2 bridgehead atoms. The average molecular weight is 437 g/mol. The number of likely N-dealkylation sites (tertiary alicyclic amines) is 1. The van der Waals surface area contributed by atoms with Gasteiger partial charge >= 0.3 is 6.03 Å². The molecule has 30 heavy (non-hydrogen) atoms. The standard InChI is InChI=1S/C21H32N4O4S/c1-2-10-30(28,29)23-18-8-9-19-16-11-15(13-25(19)20(18)26)12-24(14-16)21(27)22-17-6-4-3-5-7-17/h8-9,15-17,23H,2-7,10-14H2,1H3,(H,22,27)/t15-,16-/m1/s1. The Kier molecular flexibility index (Phi) is 6.09. The molecule has 4 rings (SSSR count). The second-order valence-electron chi connectivity index (χ2n) is 9.00. The zero-order chi connectivity index (χ0) is 21.3. The van der Waals surface area contributed by atoms with Gasteiger partial charge in [0, 0.05) is 37.3 Å². The monoisotopic (exact) mass is 436 g/mol. The number of carbonyl (C=O) groups is 1. The van der Waals surface area contributed by atoms with Gasteiger partial charge in [-0.05, 0) is 43.7 Å². The lowest BCUT2D eigenvalue weighted by Gasteiger charge is -2.43. The predicted octanol–water partition coefficient (Wildman–Crippen LogP) is 2.46. The number of pyridine rings is 1. The molecule has 2 atom stereocenters. The molecule has 3 heterocycles. The van der Waals surface area contributed by atoms with E-state index >= 15 is 0 Å². The van der Waals surface area contributed by atoms with Crippen LogP contribution in [-0.4, -0.2) is 48.8 Å². The van der Waals surface area contributed by atoms with Crippen molar-refractivity contribution in [2.24, 2.45) is 5.92 Å². The molecule has 1 aromatic heterocycles. The first-order valence-corrected chi connectivity index (χ1v) is 12.8. The third-order valence-electron chi connectivity index (χ3n) is 6.56. The van der Waals surface area contributed by atoms with E-state index in [4.69, 9.17) is 0 Å². The zero-order valence-electron chi connectivity index (χ0n) is 17.6. The molecule has 1 saturated heterocycles. The van der Waals surface area contributed by atoms with Crippen molar-refractivity contribution in [3.8, 4) is 0 Å². The Morgan fingerprint density at radius 2 is 1.90 bits per heavy atom. The molecule has 8 nitrogen and oxygen atoms in total. The van der Waals surface area contributed by atoms with Gasteiger partial charge in [0.2, 0.25) is 10.0 Å². The topological polar surface area (TPSA) is 101 Å². The molecule has 3 aliphatic rings. The van der Waals surface area contributed by atoms with Crippen LogP contribution in [0.2, 0.25) is 0 Å². The summed E-state index contributed by atoms with van der Waals surface area (Å²) >= 11 is 0. The van der Waals surface area contributed by atoms with Crippen molar-refractivity contribution in [1.82, 2.24) is 14.8 Å². The smallest absolute Gasteiger partial charge is 0.317 e. The molecule has 1 saturated carbocycles. The molecule has 2 N–H and O–H groups in total. The van der Waals surface area contributed by atoms with Gasteiger partial charge in [0.25, 0.3) is 5.56 Å². The largest absolute Gasteiger partial charge is 0.335 e. The number of hydrogen-bond donors (Lipinski definition) is 2. The molecule has 0 radical (unpaired) electrons. The van der Waals surface area contributed by atoms with E-state index in [2.05, 4.69) is 10.0 Å². The molecule has 0 unspecified atom stereocenters. The summed E-state index contributed by atoms with van der Waals surface area (Å²) in [5, 5.41) is 3.20. The maximum Gasteiger partial charge on any atom is 0.317 e. The number of nitrogens with zero attached hydrogens (tertiary/aromatic N) is 2. The van der Waals surface area contributed by atoms with E-state index in [0.29, 0.717) is 26.1 Å². The Morgan fingerprint density at radius 1 is 1.13 bits per heavy atom. The van der Waals surface area contributed by atoms with E-state index in [0.717, 1.165) is 25.0 Å². The maximum atomic E-state index is 12.9. The zero-order valence-corrected chi connectivity index (χ0v) is 18.4. The van der Waals surface area contributed by atoms with E-state index in [1.165, 1.54) is 19.3 Å². The molecule has 166 valence electrons. The summed E-state index contributed by atoms with van der Waals surface area (Å²) < 4.78 is 28.3. The lowest BCUT2D eigenvalue weighted by Crippen LogP contribution is -2.53. The summed E-state index contributed by atoms with van der Waals surface area (Å²) in [4.78, 5) is 27.7. The van der Waals surface area contributed by atoms with Crippen LogP contribution in [0.1, 0.15) is 63.5 Å². The van der Waals surface area contributed by atoms with Crippen LogP contribution in [0, 0.1) is 5.92 Å². The summed E-state index contributed by atoms with van der Waals surface area (Å²) in [6.45, 7) is 3.53. The van der Waals surface area contributed by atoms with Crippen LogP contribution in [0.4, 0.5) is 10.5 Å². The summed E-state index contributed by atoms with van der Waals surface area (Å²) in [5.41, 5.74) is 0.714. The Hall–Kier alpha value is -2.03. The van der Waals surface area contributed by atoms with Crippen molar-refractivity contribution in [3.63, 3.8) is 0 Å². The van der Waals surface area contributed by atoms with Crippen molar-refractivity contribution in [3.05, 3.63) is 28.2 Å². The molecule has 1 aliphatic carbocycles. The van der Waals surface area contributed by atoms with Gasteiger partial charge in [-0.25, -0.2) is 13.2 Å². The fourth-order valence-corrected chi connectivity index (χ4v) is 6.32. The van der Waals surface area contributed by atoms with Crippen molar-refractivity contribution in [2.75, 3.05) is 23.6 Å². The van der Waals surface area contributed by atoms with Crippen LogP contribution >= 0.6 is 0 Å². The average Bonchev–Trinajstić information content (AvgIpc) is 2.71. The van der Waals surface area contributed by atoms with Crippen LogP contribution in [0.25, 0.3) is 0 Å². The highest BCUT2D eigenvalue weighted by Gasteiger charge is 2.37. The van der Waals surface area contributed by atoms with Crippen molar-refractivity contribution in [2.45, 2.75) is 70.4 Å². The third kappa shape index (κ3) is 4.50. The second-order valence-corrected chi connectivity index (χ2v) is 10.8. The molecule has 1 aromatic rings. The van der Waals surface area contributed by atoms with E-state index in [9.17, 15) is 18.0 Å². The van der Waals surface area contributed by atoms with Crippen LogP contribution in [0.3, 0.4) is 0 Å². The quantitative estimate of drug-likeness (QED) is 0.740. The Labute approximate surface area is 178 Å². The van der Waals surface area contributed by atoms with Gasteiger partial charge in [-0.2, -0.15) is 0 Å². The van der Waals surface area contributed by atoms with E-state index in [-0.39, 0.29) is 40.9 Å². The number of piperidine rings is 1. The van der Waals surface area contributed by atoms with Crippen LogP contribution in [0.15, 0.2) is 16.9 Å². The Balaban J connectivity index is 1.49. The number of urea groups is 1. The lowest BCUT2D eigenvalue weighted by molar-refractivity contribution is 0.127. The minimum absolute atomic E-state index is 0.00942. The highest BCUT2D eigenvalue weighted by atomic mass is 32.2. The van der Waals surface area contributed by atoms with Gasteiger partial charge in [-0.15, -0.1) is 0 Å². The Bertz CT molecular complexity index is 952. The number of amides is 2. The Morgan fingerprint density at radius 3 is 2.63 bits per heavy atom. The van der Waals surface area contributed by atoms with Gasteiger partial charge in [-0.3, -0.25) is 9.52 Å². The lowest BCUT2D eigenvalue weighted by atomic mass is 9.83. The fourth-order valence-electron chi connectivity index (χ4n) is 5.19. The molecule has 2 amide bonds. The second kappa shape index (κ2) is 8.61. The number of nitrogens with one attached hydrogen (secondary N) is 2. The molecule has 0 aromatic carbocycles. The first-order chi connectivity index (χ1) is 14.4. The van der Waals surface area contributed by atoms with Gasteiger partial charge in [-0.1, -0.05) is 26.2 Å². The van der Waals surface area contributed by atoms with E-state index in [1.807, 2.05) is 11.0 Å². The number of sulfonamides is 1. The number of anilines is 1. The van der Waals surface area contributed by atoms with E-state index in [1.54, 1.807) is 17.6 Å². The summed E-state index contributed by atoms with van der Waals surface area (Å²) in [5.74, 6) is 0.294. The summed E-state index contributed by atoms with van der Waals surface area (Å²) in [6.07, 6.45) is 7.16. The highest BCUT2D eigenvalue weighted by Crippen LogP contribution is 2.35. The number of aromatic nitrogens is 1. The highest BCUT2D eigenvalue weighted by molar-refractivity contribution is 7.92. The molecular weight excluding hydrogens is 404 g/mol. The third-order valence-corrected chi connectivity index (χ3v) is 8.04. The first kappa shape index (κ1) is 21.2. The minimum Gasteiger partial charge on any atom is -0.335 e. The number of hydrogen-bond acceptors (Lipinski definition) is 4. The van der Waals surface area contributed by atoms with Crippen molar-refractivity contribution in [1.29, 1.82) is 0 Å². The van der Waals surface area contributed by atoms with E-state index < -0.39 is 10.0 Å². The van der Waals surface area contributed by atoms with Gasteiger partial charge in [0.05, 0.1) is 5.75 Å². The molecule has 2 aliphatic heterocycles. The number of carbonyl (C=O) groups excluding carboxylic acids is 1. The SMILES string of the molecule is CCCS(=O)(=O)Nc1ccc2n(c1=O)C[C@@H]1C[C@@H]2CN(C(=O)NC2CCCCC2)C1. The van der Waals surface area contributed by atoms with Gasteiger partial charge < -0.3 is 14.8 Å². The van der Waals surface area contributed by atoms with Crippen LogP contribution in [0.5, 0.6) is 0 Å². The van der Waals surface area contributed by atoms with Gasteiger partial charge in [0.1, 0.15) is 5.69 Å². The summed E-state index contributed by atoms with van der Waals surface area (Å²) in [6, 6.07) is 3.70. The molecule has 9 heteroatoms. The molecular formula is C21H32N4O4S. The van der Waals surface area contributed by atoms with Crippen molar-refractivity contribution < 1.29 is 13.2 Å². The maximum absolute atomic E-state index is 12.9. The van der Waals surface area contributed by atoms with Crippen LogP contribution < -0.4 is 15.6 Å². The minimum atomic E-state index is -3.51. The number of fused-ring (bicyclic) bond motifs is 4. The fraction of sp³-hybridized carbons (Fsp3) is 0.714. The van der Waals surface area contributed by atoms with Crippen LogP contribution in [-0.2, 0) is 16.6 Å². The van der Waals surface area contributed by atoms with Gasteiger partial charge in [0.15, 0.2) is 0 Å². The number of rotatable bonds is 5. The predicted molar refractivity (Wildman–Crippen MR) is 116 cm³/mol. The normalized spacial score (nSPS) is 24.2. The molecule has 0 spiro atoms. The summed E-state index contributed by atoms with van der Waals surface area (Å²) in [7, 11) is -3.51.